The highest BCUT2D eigenvalue weighted by molar-refractivity contribution is 5.85. The molecule has 0 unspecified atom stereocenters. The monoisotopic (exact) mass is 427 g/mol. The molecule has 2 aromatic rings. The fourth-order valence-corrected chi connectivity index (χ4v) is 4.86. The molecule has 0 aromatic heterocycles. The van der Waals surface area contributed by atoms with Crippen molar-refractivity contribution in [3.8, 4) is 0 Å². The molecule has 0 saturated carbocycles. The largest absolute Gasteiger partial charge is 0.396 e. The fourth-order valence-electron chi connectivity index (χ4n) is 4.86. The average Bonchev–Trinajstić information content (AvgIpc) is 2.77. The summed E-state index contributed by atoms with van der Waals surface area (Å²) >= 11 is 0. The summed E-state index contributed by atoms with van der Waals surface area (Å²) in [5.74, 6) is 0.651. The minimum atomic E-state index is 0.223. The van der Waals surface area contributed by atoms with Crippen molar-refractivity contribution in [2.24, 2.45) is 0 Å². The Morgan fingerprint density at radius 2 is 1.66 bits per heavy atom. The maximum absolute atomic E-state index is 9.60. The standard InChI is InChI=1S/C30H37NO/c1-22(2)31-20-28(21-31)24-15-17-27(18-16-24)30(26-13-11-23(3)12-14-26)29(10-7-19-32)25-8-5-4-6-9-25/h4-5,8,11-18,22,28,32H,6-7,9-10,19-21H2,1-3H3/b30-29-. The number of rotatable bonds is 8. The molecule has 0 radical (unpaired) electrons. The van der Waals surface area contributed by atoms with Crippen molar-refractivity contribution in [2.75, 3.05) is 19.7 Å². The first kappa shape index (κ1) is 22.8. The van der Waals surface area contributed by atoms with Crippen LogP contribution in [0.15, 0.2) is 77.9 Å². The molecule has 1 fully saturated rings. The second-order valence-electron chi connectivity index (χ2n) is 9.57. The molecule has 1 heterocycles. The van der Waals surface area contributed by atoms with Gasteiger partial charge in [-0.3, -0.25) is 4.90 Å². The predicted molar refractivity (Wildman–Crippen MR) is 136 cm³/mol. The molecule has 0 spiro atoms. The number of benzene rings is 2. The van der Waals surface area contributed by atoms with Crippen LogP contribution in [-0.4, -0.2) is 35.7 Å². The molecule has 2 aromatic carbocycles. The Bertz CT molecular complexity index is 986. The molecule has 1 saturated heterocycles. The quantitative estimate of drug-likeness (QED) is 0.509. The van der Waals surface area contributed by atoms with Crippen LogP contribution in [0.25, 0.3) is 5.57 Å². The molecule has 0 atom stereocenters. The first-order valence-electron chi connectivity index (χ1n) is 12.2. The van der Waals surface area contributed by atoms with Crippen molar-refractivity contribution >= 4 is 5.57 Å². The van der Waals surface area contributed by atoms with Crippen LogP contribution in [0.1, 0.15) is 67.7 Å². The van der Waals surface area contributed by atoms with Gasteiger partial charge in [-0.2, -0.15) is 0 Å². The van der Waals surface area contributed by atoms with Gasteiger partial charge in [-0.05, 0) is 79.9 Å². The molecular weight excluding hydrogens is 390 g/mol. The summed E-state index contributed by atoms with van der Waals surface area (Å²) in [5.41, 5.74) is 9.39. The summed E-state index contributed by atoms with van der Waals surface area (Å²) in [7, 11) is 0. The van der Waals surface area contributed by atoms with E-state index in [1.807, 2.05) is 0 Å². The molecule has 32 heavy (non-hydrogen) atoms. The highest BCUT2D eigenvalue weighted by atomic mass is 16.2. The second-order valence-corrected chi connectivity index (χ2v) is 9.57. The van der Waals surface area contributed by atoms with Gasteiger partial charge in [0.05, 0.1) is 0 Å². The van der Waals surface area contributed by atoms with E-state index in [1.165, 1.54) is 52.1 Å². The molecule has 0 bridgehead atoms. The van der Waals surface area contributed by atoms with Crippen molar-refractivity contribution < 1.29 is 5.11 Å². The third-order valence-electron chi connectivity index (χ3n) is 6.94. The average molecular weight is 428 g/mol. The molecule has 168 valence electrons. The number of likely N-dealkylation sites (tertiary alicyclic amines) is 1. The van der Waals surface area contributed by atoms with E-state index >= 15 is 0 Å². The van der Waals surface area contributed by atoms with Crippen molar-refractivity contribution in [2.45, 2.75) is 58.4 Å². The number of aliphatic hydroxyl groups is 1. The minimum absolute atomic E-state index is 0.223. The Morgan fingerprint density at radius 3 is 2.22 bits per heavy atom. The van der Waals surface area contributed by atoms with Crippen LogP contribution in [0.4, 0.5) is 0 Å². The second kappa shape index (κ2) is 10.5. The summed E-state index contributed by atoms with van der Waals surface area (Å²) in [6.45, 7) is 9.25. The normalized spacial score (nSPS) is 17.8. The van der Waals surface area contributed by atoms with E-state index in [0.29, 0.717) is 12.0 Å². The van der Waals surface area contributed by atoms with Crippen molar-refractivity contribution in [1.29, 1.82) is 0 Å². The SMILES string of the molecule is Cc1ccc(/C(=C(\CCCO)C2=CC=CCC2)c2ccc(C3CN(C(C)C)C3)cc2)cc1. The number of hydrogen-bond acceptors (Lipinski definition) is 2. The summed E-state index contributed by atoms with van der Waals surface area (Å²) in [4.78, 5) is 2.53. The summed E-state index contributed by atoms with van der Waals surface area (Å²) in [6.07, 6.45) is 10.5. The Kier molecular flexibility index (Phi) is 7.44. The molecule has 0 amide bonds. The van der Waals surface area contributed by atoms with E-state index in [1.54, 1.807) is 0 Å². The zero-order valence-electron chi connectivity index (χ0n) is 19.8. The predicted octanol–water partition coefficient (Wildman–Crippen LogP) is 6.65. The fraction of sp³-hybridized carbons (Fsp3) is 0.400. The van der Waals surface area contributed by atoms with Gasteiger partial charge in [-0.1, -0.05) is 72.3 Å². The molecular formula is C30H37NO. The highest BCUT2D eigenvalue weighted by Crippen LogP contribution is 2.37. The summed E-state index contributed by atoms with van der Waals surface area (Å²) in [5, 5.41) is 9.60. The third-order valence-corrected chi connectivity index (χ3v) is 6.94. The van der Waals surface area contributed by atoms with Gasteiger partial charge in [0.25, 0.3) is 0 Å². The Balaban J connectivity index is 1.73. The van der Waals surface area contributed by atoms with E-state index in [-0.39, 0.29) is 6.61 Å². The van der Waals surface area contributed by atoms with Crippen molar-refractivity contribution in [3.63, 3.8) is 0 Å². The Morgan fingerprint density at radius 1 is 1.00 bits per heavy atom. The van der Waals surface area contributed by atoms with Gasteiger partial charge in [0, 0.05) is 31.7 Å². The third kappa shape index (κ3) is 5.14. The van der Waals surface area contributed by atoms with E-state index in [2.05, 4.69) is 92.4 Å². The van der Waals surface area contributed by atoms with Crippen LogP contribution < -0.4 is 0 Å². The number of allylic oxidation sites excluding steroid dienone is 5. The van der Waals surface area contributed by atoms with Gasteiger partial charge in [0.2, 0.25) is 0 Å². The lowest BCUT2D eigenvalue weighted by Gasteiger charge is -2.42. The Labute approximate surface area is 194 Å². The van der Waals surface area contributed by atoms with Crippen LogP contribution in [0, 0.1) is 6.92 Å². The van der Waals surface area contributed by atoms with Crippen LogP contribution in [0.3, 0.4) is 0 Å². The van der Waals surface area contributed by atoms with E-state index < -0.39 is 0 Å². The zero-order chi connectivity index (χ0) is 22.5. The number of aliphatic hydroxyl groups excluding tert-OH is 1. The Hall–Kier alpha value is -2.42. The summed E-state index contributed by atoms with van der Waals surface area (Å²) < 4.78 is 0. The van der Waals surface area contributed by atoms with Gasteiger partial charge in [-0.15, -0.1) is 0 Å². The molecule has 2 aliphatic rings. The topological polar surface area (TPSA) is 23.5 Å². The maximum atomic E-state index is 9.60. The van der Waals surface area contributed by atoms with Crippen LogP contribution >= 0.6 is 0 Å². The lowest BCUT2D eigenvalue weighted by atomic mass is 9.83. The number of nitrogens with zero attached hydrogens (tertiary/aromatic N) is 1. The number of aryl methyl sites for hydroxylation is 1. The van der Waals surface area contributed by atoms with Gasteiger partial charge in [0.1, 0.15) is 0 Å². The van der Waals surface area contributed by atoms with Gasteiger partial charge < -0.3 is 5.11 Å². The molecule has 1 aliphatic heterocycles. The minimum Gasteiger partial charge on any atom is -0.396 e. The zero-order valence-corrected chi connectivity index (χ0v) is 19.8. The van der Waals surface area contributed by atoms with Crippen LogP contribution in [-0.2, 0) is 0 Å². The van der Waals surface area contributed by atoms with Crippen molar-refractivity contribution in [1.82, 2.24) is 4.90 Å². The van der Waals surface area contributed by atoms with E-state index in [9.17, 15) is 5.11 Å². The maximum Gasteiger partial charge on any atom is 0.0434 e. The molecule has 1 aliphatic carbocycles. The highest BCUT2D eigenvalue weighted by Gasteiger charge is 2.29. The van der Waals surface area contributed by atoms with Crippen LogP contribution in [0.2, 0.25) is 0 Å². The van der Waals surface area contributed by atoms with Crippen LogP contribution in [0.5, 0.6) is 0 Å². The number of hydrogen-bond donors (Lipinski definition) is 1. The molecule has 2 nitrogen and oxygen atoms in total. The van der Waals surface area contributed by atoms with Gasteiger partial charge >= 0.3 is 0 Å². The smallest absolute Gasteiger partial charge is 0.0434 e. The lowest BCUT2D eigenvalue weighted by molar-refractivity contribution is 0.110. The molecule has 4 rings (SSSR count). The summed E-state index contributed by atoms with van der Waals surface area (Å²) in [6, 6.07) is 18.9. The van der Waals surface area contributed by atoms with E-state index in [4.69, 9.17) is 0 Å². The van der Waals surface area contributed by atoms with Crippen molar-refractivity contribution in [3.05, 3.63) is 100 Å². The van der Waals surface area contributed by atoms with Gasteiger partial charge in [-0.25, -0.2) is 0 Å². The molecule has 2 heteroatoms. The van der Waals surface area contributed by atoms with E-state index in [0.717, 1.165) is 25.7 Å². The first-order chi connectivity index (χ1) is 15.6. The molecule has 1 N–H and O–H groups in total. The first-order valence-corrected chi connectivity index (χ1v) is 12.2. The lowest BCUT2D eigenvalue weighted by Crippen LogP contribution is -2.48. The van der Waals surface area contributed by atoms with Gasteiger partial charge in [0.15, 0.2) is 0 Å².